The zero-order valence-corrected chi connectivity index (χ0v) is 15.6. The molecule has 0 aliphatic carbocycles. The van der Waals surface area contributed by atoms with Gasteiger partial charge in [0, 0.05) is 24.5 Å². The van der Waals surface area contributed by atoms with E-state index in [1.807, 2.05) is 12.1 Å². The fourth-order valence-corrected chi connectivity index (χ4v) is 2.95. The maximum atomic E-state index is 12.7. The van der Waals surface area contributed by atoms with Gasteiger partial charge in [-0.05, 0) is 42.0 Å². The van der Waals surface area contributed by atoms with Gasteiger partial charge in [0.05, 0.1) is 11.3 Å². The molecule has 29 heavy (non-hydrogen) atoms. The second kappa shape index (κ2) is 8.43. The maximum Gasteiger partial charge on any atom is 0.255 e. The van der Waals surface area contributed by atoms with Crippen molar-refractivity contribution in [3.63, 3.8) is 0 Å². The number of pyridine rings is 1. The Labute approximate surface area is 167 Å². The van der Waals surface area contributed by atoms with Crippen LogP contribution in [0.2, 0.25) is 0 Å². The molecule has 2 aromatic carbocycles. The van der Waals surface area contributed by atoms with Crippen LogP contribution in [0.5, 0.6) is 11.5 Å². The lowest BCUT2D eigenvalue weighted by atomic mass is 10.1. The molecule has 7 nitrogen and oxygen atoms in total. The number of para-hydroxylation sites is 1. The molecular weight excluding hydrogens is 370 g/mol. The number of hydrogen-bond donors (Lipinski definition) is 2. The number of amides is 2. The minimum absolute atomic E-state index is 0.285. The van der Waals surface area contributed by atoms with Gasteiger partial charge in [0.15, 0.2) is 11.5 Å². The Balaban J connectivity index is 1.48. The van der Waals surface area contributed by atoms with Crippen LogP contribution in [0.3, 0.4) is 0 Å². The first-order valence-corrected chi connectivity index (χ1v) is 9.18. The number of anilines is 1. The van der Waals surface area contributed by atoms with E-state index in [0.29, 0.717) is 48.1 Å². The normalized spacial score (nSPS) is 12.1. The summed E-state index contributed by atoms with van der Waals surface area (Å²) < 4.78 is 11.0. The van der Waals surface area contributed by atoms with Crippen LogP contribution in [0.15, 0.2) is 67.0 Å². The molecule has 0 saturated carbocycles. The summed E-state index contributed by atoms with van der Waals surface area (Å²) in [5, 5.41) is 5.65. The summed E-state index contributed by atoms with van der Waals surface area (Å²) in [5.74, 6) is 0.524. The quantitative estimate of drug-likeness (QED) is 0.700. The van der Waals surface area contributed by atoms with E-state index in [4.69, 9.17) is 9.47 Å². The largest absolute Gasteiger partial charge is 0.486 e. The molecule has 0 bridgehead atoms. The average Bonchev–Trinajstić information content (AvgIpc) is 2.78. The lowest BCUT2D eigenvalue weighted by Gasteiger charge is -2.19. The summed E-state index contributed by atoms with van der Waals surface area (Å²) in [6.07, 6.45) is 3.36. The van der Waals surface area contributed by atoms with Crippen LogP contribution < -0.4 is 20.1 Å². The number of aromatic nitrogens is 1. The molecule has 146 valence electrons. The van der Waals surface area contributed by atoms with Gasteiger partial charge < -0.3 is 20.1 Å². The van der Waals surface area contributed by atoms with Crippen LogP contribution in [-0.4, -0.2) is 30.0 Å². The summed E-state index contributed by atoms with van der Waals surface area (Å²) in [4.78, 5) is 29.4. The lowest BCUT2D eigenvalue weighted by molar-refractivity contribution is 0.0951. The Morgan fingerprint density at radius 1 is 0.931 bits per heavy atom. The van der Waals surface area contributed by atoms with Gasteiger partial charge in [0.25, 0.3) is 11.8 Å². The van der Waals surface area contributed by atoms with Gasteiger partial charge in [-0.2, -0.15) is 0 Å². The van der Waals surface area contributed by atoms with Crippen LogP contribution >= 0.6 is 0 Å². The molecular formula is C22H19N3O4. The van der Waals surface area contributed by atoms with Crippen molar-refractivity contribution < 1.29 is 19.1 Å². The highest BCUT2D eigenvalue weighted by atomic mass is 16.6. The third-order valence-corrected chi connectivity index (χ3v) is 4.40. The number of nitrogens with one attached hydrogen (secondary N) is 2. The number of ether oxygens (including phenoxy) is 2. The van der Waals surface area contributed by atoms with Crippen LogP contribution in [0.4, 0.5) is 5.69 Å². The van der Waals surface area contributed by atoms with Gasteiger partial charge in [0.2, 0.25) is 0 Å². The highest BCUT2D eigenvalue weighted by Gasteiger charge is 2.17. The molecule has 2 N–H and O–H groups in total. The molecule has 0 atom stereocenters. The number of hydrogen-bond acceptors (Lipinski definition) is 5. The van der Waals surface area contributed by atoms with Gasteiger partial charge in [0.1, 0.15) is 13.2 Å². The maximum absolute atomic E-state index is 12.7. The second-order valence-corrected chi connectivity index (χ2v) is 6.40. The van der Waals surface area contributed by atoms with Crippen LogP contribution in [-0.2, 0) is 6.54 Å². The SMILES string of the molecule is O=C(Nc1ccccc1C(=O)NCc1cccnc1)c1ccc2c(c1)OCCO2. The lowest BCUT2D eigenvalue weighted by Crippen LogP contribution is -2.25. The highest BCUT2D eigenvalue weighted by Crippen LogP contribution is 2.31. The third-order valence-electron chi connectivity index (χ3n) is 4.40. The molecule has 1 aliphatic heterocycles. The number of carbonyl (C=O) groups is 2. The molecule has 0 saturated heterocycles. The number of benzene rings is 2. The highest BCUT2D eigenvalue weighted by molar-refractivity contribution is 6.09. The van der Waals surface area contributed by atoms with Crippen molar-refractivity contribution in [3.8, 4) is 11.5 Å². The van der Waals surface area contributed by atoms with Gasteiger partial charge >= 0.3 is 0 Å². The van der Waals surface area contributed by atoms with Gasteiger partial charge in [-0.25, -0.2) is 0 Å². The van der Waals surface area contributed by atoms with Crippen molar-refractivity contribution in [1.29, 1.82) is 0 Å². The smallest absolute Gasteiger partial charge is 0.255 e. The first-order valence-electron chi connectivity index (χ1n) is 9.18. The molecule has 0 unspecified atom stereocenters. The minimum atomic E-state index is -0.338. The Kier molecular flexibility index (Phi) is 5.38. The Hall–Kier alpha value is -3.87. The van der Waals surface area contributed by atoms with Crippen molar-refractivity contribution in [2.24, 2.45) is 0 Å². The summed E-state index contributed by atoms with van der Waals surface area (Å²) >= 11 is 0. The molecule has 4 rings (SSSR count). The second-order valence-electron chi connectivity index (χ2n) is 6.40. The van der Waals surface area contributed by atoms with Crippen LogP contribution in [0.25, 0.3) is 0 Å². The summed E-state index contributed by atoms with van der Waals surface area (Å²) in [6.45, 7) is 1.27. The van der Waals surface area contributed by atoms with Crippen molar-refractivity contribution in [2.45, 2.75) is 6.54 Å². The molecule has 2 amide bonds. The molecule has 0 radical (unpaired) electrons. The number of carbonyl (C=O) groups excluding carboxylic acids is 2. The summed E-state index contributed by atoms with van der Waals surface area (Å²) in [5.41, 5.74) is 2.11. The number of nitrogens with zero attached hydrogens (tertiary/aromatic N) is 1. The predicted octanol–water partition coefficient (Wildman–Crippen LogP) is 3.04. The van der Waals surface area contributed by atoms with Gasteiger partial charge in [-0.1, -0.05) is 18.2 Å². The molecule has 7 heteroatoms. The molecule has 2 heterocycles. The molecule has 1 aliphatic rings. The van der Waals surface area contributed by atoms with Crippen molar-refractivity contribution in [2.75, 3.05) is 18.5 Å². The fraction of sp³-hybridized carbons (Fsp3) is 0.136. The standard InChI is InChI=1S/C22H19N3O4/c26-21(16-7-8-19-20(12-16)29-11-10-28-19)25-18-6-2-1-5-17(18)22(27)24-14-15-4-3-9-23-13-15/h1-9,12-13H,10-11,14H2,(H,24,27)(H,25,26). The van der Waals surface area contributed by atoms with E-state index in [-0.39, 0.29) is 11.8 Å². The van der Waals surface area contributed by atoms with Gasteiger partial charge in [-0.3, -0.25) is 14.6 Å². The molecule has 0 fully saturated rings. The van der Waals surface area contributed by atoms with Crippen LogP contribution in [0, 0.1) is 0 Å². The van der Waals surface area contributed by atoms with E-state index in [2.05, 4.69) is 15.6 Å². The van der Waals surface area contributed by atoms with Crippen molar-refractivity contribution in [3.05, 3.63) is 83.7 Å². The Morgan fingerprint density at radius 2 is 1.76 bits per heavy atom. The van der Waals surface area contributed by atoms with Crippen LogP contribution in [0.1, 0.15) is 26.3 Å². The number of rotatable bonds is 5. The molecule has 0 spiro atoms. The third kappa shape index (κ3) is 4.35. The van der Waals surface area contributed by atoms with E-state index in [1.54, 1.807) is 54.9 Å². The fourth-order valence-electron chi connectivity index (χ4n) is 2.95. The Morgan fingerprint density at radius 3 is 2.59 bits per heavy atom. The first-order chi connectivity index (χ1) is 14.2. The first kappa shape index (κ1) is 18.5. The van der Waals surface area contributed by atoms with E-state index >= 15 is 0 Å². The van der Waals surface area contributed by atoms with E-state index in [9.17, 15) is 9.59 Å². The Bertz CT molecular complexity index is 1040. The minimum Gasteiger partial charge on any atom is -0.486 e. The van der Waals surface area contributed by atoms with Crippen molar-refractivity contribution in [1.82, 2.24) is 10.3 Å². The van der Waals surface area contributed by atoms with Crippen molar-refractivity contribution >= 4 is 17.5 Å². The summed E-state index contributed by atoms with van der Waals surface area (Å²) in [7, 11) is 0. The topological polar surface area (TPSA) is 89.6 Å². The van der Waals surface area contributed by atoms with Gasteiger partial charge in [-0.15, -0.1) is 0 Å². The molecule has 3 aromatic rings. The molecule has 1 aromatic heterocycles. The van der Waals surface area contributed by atoms with E-state index in [0.717, 1.165) is 5.56 Å². The number of fused-ring (bicyclic) bond motifs is 1. The predicted molar refractivity (Wildman–Crippen MR) is 107 cm³/mol. The summed E-state index contributed by atoms with van der Waals surface area (Å²) in [6, 6.07) is 15.5. The zero-order valence-electron chi connectivity index (χ0n) is 15.6. The van der Waals surface area contributed by atoms with E-state index in [1.165, 1.54) is 0 Å². The average molecular weight is 389 g/mol. The zero-order chi connectivity index (χ0) is 20.1. The monoisotopic (exact) mass is 389 g/mol. The van der Waals surface area contributed by atoms with E-state index < -0.39 is 0 Å².